The van der Waals surface area contributed by atoms with E-state index in [0.29, 0.717) is 15.6 Å². The van der Waals surface area contributed by atoms with Crippen molar-refractivity contribution in [2.75, 3.05) is 20.3 Å². The van der Waals surface area contributed by atoms with E-state index < -0.39 is 17.8 Å². The number of halogens is 3. The Morgan fingerprint density at radius 1 is 1.29 bits per heavy atom. The van der Waals surface area contributed by atoms with E-state index in [1.165, 1.54) is 6.07 Å². The summed E-state index contributed by atoms with van der Waals surface area (Å²) in [7, 11) is 1.89. The summed E-state index contributed by atoms with van der Waals surface area (Å²) >= 11 is 12.5. The monoisotopic (exact) mass is 423 g/mol. The molecule has 2 aromatic carbocycles. The summed E-state index contributed by atoms with van der Waals surface area (Å²) in [5, 5.41) is 0.922. The van der Waals surface area contributed by atoms with Crippen molar-refractivity contribution in [2.45, 2.75) is 12.0 Å². The number of quaternary nitrogens is 1. The second kappa shape index (κ2) is 7.46. The first-order chi connectivity index (χ1) is 13.4. The lowest BCUT2D eigenvalue weighted by atomic mass is 10.1. The number of ether oxygens (including phenoxy) is 3. The maximum Gasteiger partial charge on any atom is 0.359 e. The third-order valence-corrected chi connectivity index (χ3v) is 5.28. The van der Waals surface area contributed by atoms with Crippen molar-refractivity contribution in [2.24, 2.45) is 4.99 Å². The molecule has 28 heavy (non-hydrogen) atoms. The second-order valence-electron chi connectivity index (χ2n) is 6.71. The Kier molecular flexibility index (Phi) is 5.16. The van der Waals surface area contributed by atoms with Crippen molar-refractivity contribution < 1.29 is 23.1 Å². The van der Waals surface area contributed by atoms with Gasteiger partial charge in [-0.2, -0.15) is 4.48 Å². The third-order valence-electron chi connectivity index (χ3n) is 4.73. The molecule has 0 bridgehead atoms. The molecule has 0 aromatic heterocycles. The lowest BCUT2D eigenvalue weighted by molar-refractivity contribution is -0.896. The normalized spacial score (nSPS) is 28.8. The molecule has 2 aliphatic rings. The highest BCUT2D eigenvalue weighted by Crippen LogP contribution is 2.45. The Hall–Kier alpha value is -1.96. The van der Waals surface area contributed by atoms with Crippen LogP contribution >= 0.6 is 23.2 Å². The molecular weight excluding hydrogens is 406 g/mol. The summed E-state index contributed by atoms with van der Waals surface area (Å²) in [6.45, 7) is 0.359. The van der Waals surface area contributed by atoms with Crippen molar-refractivity contribution in [3.63, 3.8) is 0 Å². The number of hydrogen-bond donors (Lipinski definition) is 0. The molecule has 2 aromatic rings. The summed E-state index contributed by atoms with van der Waals surface area (Å²) in [5.41, 5.74) is 0.618. The number of benzene rings is 2. The average Bonchev–Trinajstić information content (AvgIpc) is 3.30. The smallest absolute Gasteiger partial charge is 0.359 e. The van der Waals surface area contributed by atoms with Crippen LogP contribution in [0.5, 0.6) is 5.75 Å². The van der Waals surface area contributed by atoms with Crippen LogP contribution in [0.4, 0.5) is 4.39 Å². The van der Waals surface area contributed by atoms with Crippen molar-refractivity contribution in [1.82, 2.24) is 0 Å². The van der Waals surface area contributed by atoms with Gasteiger partial charge in [0.05, 0.1) is 30.4 Å². The van der Waals surface area contributed by atoms with Crippen LogP contribution in [0.25, 0.3) is 0 Å². The van der Waals surface area contributed by atoms with E-state index in [1.807, 2.05) is 13.2 Å². The molecule has 8 heteroatoms. The van der Waals surface area contributed by atoms with Gasteiger partial charge in [0, 0.05) is 5.02 Å². The van der Waals surface area contributed by atoms with Crippen LogP contribution in [0.2, 0.25) is 10.0 Å². The number of nitrogens with zero attached hydrogens (tertiary/aromatic N) is 2. The van der Waals surface area contributed by atoms with Gasteiger partial charge in [0.15, 0.2) is 17.9 Å². The predicted molar refractivity (Wildman–Crippen MR) is 105 cm³/mol. The van der Waals surface area contributed by atoms with Crippen molar-refractivity contribution in [1.29, 1.82) is 0 Å². The van der Waals surface area contributed by atoms with Crippen LogP contribution in [0, 0.1) is 5.82 Å². The number of hydrogen-bond acceptors (Lipinski definition) is 4. The summed E-state index contributed by atoms with van der Waals surface area (Å²) in [6.07, 6.45) is 4.76. The SMILES string of the molecule is C[N+]1(C2(c3ccc(Cl)cc3Cl)OCC(COc3ccccc3F)O2)C=CN=C1. The van der Waals surface area contributed by atoms with E-state index in [9.17, 15) is 4.39 Å². The fraction of sp³-hybridized carbons (Fsp3) is 0.250. The molecule has 0 amide bonds. The van der Waals surface area contributed by atoms with Crippen LogP contribution in [-0.2, 0) is 15.4 Å². The van der Waals surface area contributed by atoms with Gasteiger partial charge >= 0.3 is 5.91 Å². The largest absolute Gasteiger partial charge is 0.488 e. The van der Waals surface area contributed by atoms with Crippen LogP contribution < -0.4 is 4.74 Å². The van der Waals surface area contributed by atoms with E-state index in [0.717, 1.165) is 0 Å². The number of aliphatic imine (C=N–C) groups is 1. The summed E-state index contributed by atoms with van der Waals surface area (Å²) < 4.78 is 32.0. The van der Waals surface area contributed by atoms with Gasteiger partial charge in [-0.25, -0.2) is 9.38 Å². The zero-order valence-corrected chi connectivity index (χ0v) is 16.5. The highest BCUT2D eigenvalue weighted by molar-refractivity contribution is 6.35. The maximum absolute atomic E-state index is 13.8. The lowest BCUT2D eigenvalue weighted by Crippen LogP contribution is -2.56. The minimum atomic E-state index is -1.26. The fourth-order valence-electron chi connectivity index (χ4n) is 3.29. The molecule has 1 fully saturated rings. The standard InChI is InChI=1S/C20H18Cl2FN2O3/c1-25(9-8-24-13-25)20(16-7-6-14(21)10-17(16)22)27-12-15(28-20)11-26-19-5-3-2-4-18(19)23/h2-10,13,15H,11-12H2,1H3/q+1. The fourth-order valence-corrected chi connectivity index (χ4v) is 3.82. The molecular formula is C20H18Cl2FN2O3+. The quantitative estimate of drug-likeness (QED) is 0.654. The average molecular weight is 424 g/mol. The highest BCUT2D eigenvalue weighted by atomic mass is 35.5. The summed E-state index contributed by atoms with van der Waals surface area (Å²) in [5.74, 6) is -1.53. The summed E-state index contributed by atoms with van der Waals surface area (Å²) in [6, 6.07) is 11.4. The van der Waals surface area contributed by atoms with Crippen LogP contribution in [0.3, 0.4) is 0 Å². The molecule has 5 nitrogen and oxygen atoms in total. The minimum Gasteiger partial charge on any atom is -0.488 e. The first kappa shape index (κ1) is 19.4. The Morgan fingerprint density at radius 3 is 2.82 bits per heavy atom. The molecule has 0 radical (unpaired) electrons. The first-order valence-corrected chi connectivity index (χ1v) is 9.42. The highest BCUT2D eigenvalue weighted by Gasteiger charge is 2.59. The second-order valence-corrected chi connectivity index (χ2v) is 7.55. The van der Waals surface area contributed by atoms with Gasteiger partial charge in [0.25, 0.3) is 0 Å². The van der Waals surface area contributed by atoms with E-state index in [4.69, 9.17) is 37.4 Å². The van der Waals surface area contributed by atoms with Crippen LogP contribution in [0.15, 0.2) is 59.9 Å². The van der Waals surface area contributed by atoms with Gasteiger partial charge in [-0.1, -0.05) is 35.3 Å². The van der Waals surface area contributed by atoms with Gasteiger partial charge in [-0.3, -0.25) is 9.47 Å². The number of rotatable bonds is 5. The van der Waals surface area contributed by atoms with E-state index in [2.05, 4.69) is 4.99 Å². The maximum atomic E-state index is 13.8. The molecule has 1 saturated heterocycles. The van der Waals surface area contributed by atoms with E-state index in [1.54, 1.807) is 48.9 Å². The van der Waals surface area contributed by atoms with Gasteiger partial charge in [-0.15, -0.1) is 0 Å². The zero-order valence-electron chi connectivity index (χ0n) is 15.0. The third kappa shape index (κ3) is 3.32. The molecule has 0 saturated carbocycles. The van der Waals surface area contributed by atoms with Crippen LogP contribution in [-0.4, -0.2) is 37.2 Å². The van der Waals surface area contributed by atoms with Crippen molar-refractivity contribution in [3.05, 3.63) is 76.3 Å². The number of para-hydroxylation sites is 1. The Balaban J connectivity index is 1.62. The van der Waals surface area contributed by atoms with Crippen LogP contribution in [0.1, 0.15) is 5.56 Å². The minimum absolute atomic E-state index is 0.102. The van der Waals surface area contributed by atoms with Crippen molar-refractivity contribution >= 4 is 29.5 Å². The van der Waals surface area contributed by atoms with Gasteiger partial charge in [-0.05, 0) is 30.3 Å². The van der Waals surface area contributed by atoms with Gasteiger partial charge in [0.2, 0.25) is 0 Å². The Morgan fingerprint density at radius 2 is 2.11 bits per heavy atom. The lowest BCUT2D eigenvalue weighted by Gasteiger charge is -2.39. The molecule has 2 aliphatic heterocycles. The Bertz CT molecular complexity index is 941. The first-order valence-electron chi connectivity index (χ1n) is 8.66. The van der Waals surface area contributed by atoms with Gasteiger partial charge < -0.3 is 4.74 Å². The van der Waals surface area contributed by atoms with E-state index >= 15 is 0 Å². The molecule has 3 unspecified atom stereocenters. The summed E-state index contributed by atoms with van der Waals surface area (Å²) in [4.78, 5) is 4.19. The van der Waals surface area contributed by atoms with E-state index in [-0.39, 0.29) is 23.4 Å². The molecule has 2 heterocycles. The predicted octanol–water partition coefficient (Wildman–Crippen LogP) is 4.70. The topological polar surface area (TPSA) is 40.0 Å². The zero-order chi connectivity index (χ0) is 19.8. The van der Waals surface area contributed by atoms with Crippen molar-refractivity contribution in [3.8, 4) is 5.75 Å². The molecule has 146 valence electrons. The molecule has 4 rings (SSSR count). The molecule has 0 N–H and O–H groups in total. The Labute approximate surface area is 172 Å². The molecule has 0 spiro atoms. The molecule has 3 atom stereocenters. The molecule has 0 aliphatic carbocycles. The van der Waals surface area contributed by atoms with Gasteiger partial charge in [0.1, 0.15) is 18.9 Å².